The molecule has 0 amide bonds. The number of methoxy groups -OCH3 is 4. The number of hydrogen-bond acceptors (Lipinski definition) is 18. The van der Waals surface area contributed by atoms with Gasteiger partial charge in [-0.3, -0.25) is 19.2 Å². The van der Waals surface area contributed by atoms with E-state index in [0.717, 1.165) is 26.4 Å². The molecule has 0 spiro atoms. The highest BCUT2D eigenvalue weighted by Gasteiger charge is 2.72. The molecule has 4 aliphatic rings. The highest BCUT2D eigenvalue weighted by molar-refractivity contribution is 6.31. The Morgan fingerprint density at radius 2 is 1.65 bits per heavy atom. The number of carboxylic acids is 1. The molecule has 19 heteroatoms. The summed E-state index contributed by atoms with van der Waals surface area (Å²) in [5, 5.41) is 62.6. The van der Waals surface area contributed by atoms with E-state index in [-0.39, 0.29) is 16.8 Å². The van der Waals surface area contributed by atoms with Crippen LogP contribution in [0.15, 0.2) is 29.1 Å². The molecule has 3 aliphatic carbocycles. The minimum absolute atomic E-state index is 0.0285. The van der Waals surface area contributed by atoms with E-state index in [1.807, 2.05) is 0 Å². The van der Waals surface area contributed by atoms with Crippen LogP contribution in [0.3, 0.4) is 0 Å². The first kappa shape index (κ1) is 39.1. The molecule has 7 atom stereocenters. The highest BCUT2D eigenvalue weighted by atomic mass is 16.6. The van der Waals surface area contributed by atoms with Gasteiger partial charge in [0.1, 0.15) is 35.0 Å². The number of rotatable bonds is 9. The number of carbonyl (C=O) groups is 6. The Balaban J connectivity index is 1.47. The van der Waals surface area contributed by atoms with Crippen molar-refractivity contribution < 1.29 is 82.8 Å². The summed E-state index contributed by atoms with van der Waals surface area (Å²) in [5.74, 6) is -9.24. The Morgan fingerprint density at radius 3 is 2.25 bits per heavy atom. The fraction of sp³-hybridized carbons (Fsp3) is 0.417. The number of nitrogens with one attached hydrogen (secondary N) is 1. The predicted octanol–water partition coefficient (Wildman–Crippen LogP) is -0.154. The van der Waals surface area contributed by atoms with Gasteiger partial charge in [-0.15, -0.1) is 0 Å². The second kappa shape index (κ2) is 13.9. The lowest BCUT2D eigenvalue weighted by molar-refractivity contribution is -0.181. The van der Waals surface area contributed by atoms with Crippen molar-refractivity contribution in [2.45, 2.75) is 62.1 Å². The molecule has 2 aromatic carbocycles. The van der Waals surface area contributed by atoms with Crippen molar-refractivity contribution in [2.24, 2.45) is 5.16 Å². The minimum Gasteiger partial charge on any atom is -0.507 e. The van der Waals surface area contributed by atoms with Crippen LogP contribution in [0.2, 0.25) is 0 Å². The number of ether oxygens (including phenoxy) is 5. The molecular formula is C36H36N2O17. The van der Waals surface area contributed by atoms with Crippen molar-refractivity contribution in [3.05, 3.63) is 68.4 Å². The molecule has 1 heterocycles. The number of aliphatic carboxylic acids is 1. The molecule has 0 unspecified atom stereocenters. The summed E-state index contributed by atoms with van der Waals surface area (Å²) in [6.45, 7) is 2.20. The standard InChI is InChI=1S/C36H36N2O17/c1-12-7-14-8-19(40)36(53-6)32(47)23-16(31(46)35(36,49)24(14)28(45)21(12)34(48)52-5)9-15-22(27(23)44)18(39)10-17(26(15)43)37-33-30(51-4)25(38-54-11-20(41)42)29(50-3)13(2)55-33/h7,9-10,13,19,29-30,33,37,40,44-45,49H,8,11H2,1-6H3,(H,41,42)/b38-25+/t13-,19+,29-,30+,33-,35-,36+/m0/s1. The first-order chi connectivity index (χ1) is 26.0. The number of carbonyl (C=O) groups excluding carboxylic acids is 5. The molecule has 2 aromatic rings. The summed E-state index contributed by atoms with van der Waals surface area (Å²) in [6.07, 6.45) is -5.87. The van der Waals surface area contributed by atoms with E-state index in [0.29, 0.717) is 0 Å². The smallest absolute Gasteiger partial charge is 0.344 e. The zero-order valence-corrected chi connectivity index (χ0v) is 30.1. The van der Waals surface area contributed by atoms with Crippen molar-refractivity contribution >= 4 is 40.8 Å². The number of nitrogens with zero attached hydrogens (tertiary/aromatic N) is 1. The van der Waals surface area contributed by atoms with Crippen LogP contribution in [0.25, 0.3) is 0 Å². The summed E-state index contributed by atoms with van der Waals surface area (Å²) in [7, 11) is 4.51. The molecule has 1 saturated heterocycles. The summed E-state index contributed by atoms with van der Waals surface area (Å²) in [4.78, 5) is 85.6. The van der Waals surface area contributed by atoms with Crippen LogP contribution < -0.4 is 5.32 Å². The Morgan fingerprint density at radius 1 is 0.982 bits per heavy atom. The van der Waals surface area contributed by atoms with Crippen LogP contribution in [0.1, 0.15) is 75.4 Å². The van der Waals surface area contributed by atoms with Gasteiger partial charge in [0, 0.05) is 50.5 Å². The molecule has 1 aliphatic heterocycles. The number of aliphatic hydroxyl groups is 2. The zero-order chi connectivity index (χ0) is 40.5. The molecule has 0 bridgehead atoms. The lowest BCUT2D eigenvalue weighted by atomic mass is 9.56. The van der Waals surface area contributed by atoms with E-state index in [1.165, 1.54) is 27.2 Å². The van der Waals surface area contributed by atoms with E-state index < -0.39 is 141 Å². The number of fused-ring (bicyclic) bond motifs is 5. The SMILES string of the molecule is COC(=O)c1c(C)cc2c(c1O)[C@]1(O)C(=O)c3cc4c(c(O)c3C(=O)[C@]1(OC)[C@H](O)C2)C(=O)C=C(N[C@H]1O[C@@H](C)[C@H](OC)/C(=N\OCC(=O)O)[C@H]1OC)C4=O. The fourth-order valence-corrected chi connectivity index (χ4v) is 7.97. The maximum atomic E-state index is 14.7. The van der Waals surface area contributed by atoms with Crippen LogP contribution in [0.4, 0.5) is 0 Å². The number of phenols is 2. The second-order valence-corrected chi connectivity index (χ2v) is 13.2. The van der Waals surface area contributed by atoms with Crippen LogP contribution in [-0.4, -0.2) is 138 Å². The predicted molar refractivity (Wildman–Crippen MR) is 181 cm³/mol. The molecule has 0 aromatic heterocycles. The molecule has 0 saturated carbocycles. The number of esters is 1. The van der Waals surface area contributed by atoms with E-state index in [1.54, 1.807) is 6.92 Å². The maximum Gasteiger partial charge on any atom is 0.344 e. The van der Waals surface area contributed by atoms with Crippen molar-refractivity contribution in [3.63, 3.8) is 0 Å². The lowest BCUT2D eigenvalue weighted by Gasteiger charge is -2.52. The number of benzene rings is 2. The average molecular weight is 769 g/mol. The number of aryl methyl sites for hydroxylation is 1. The molecule has 6 rings (SSSR count). The Labute approximate surface area is 311 Å². The summed E-state index contributed by atoms with van der Waals surface area (Å²) < 4.78 is 27.2. The third-order valence-corrected chi connectivity index (χ3v) is 10.3. The van der Waals surface area contributed by atoms with Crippen molar-refractivity contribution in [1.29, 1.82) is 0 Å². The summed E-state index contributed by atoms with van der Waals surface area (Å²) in [6, 6.07) is 2.13. The number of aromatic hydroxyl groups is 2. The minimum atomic E-state index is -3.27. The number of phenolic OH excluding ortho intramolecular Hbond substituents is 2. The molecular weight excluding hydrogens is 732 g/mol. The Kier molecular flexibility index (Phi) is 9.91. The van der Waals surface area contributed by atoms with Gasteiger partial charge in [0.25, 0.3) is 0 Å². The van der Waals surface area contributed by atoms with Gasteiger partial charge >= 0.3 is 11.9 Å². The summed E-state index contributed by atoms with van der Waals surface area (Å²) in [5.41, 5.74) is -10.5. The topological polar surface area (TPSA) is 283 Å². The van der Waals surface area contributed by atoms with E-state index in [4.69, 9.17) is 33.6 Å². The average Bonchev–Trinajstić information content (AvgIpc) is 3.12. The number of oxime groups is 1. The molecule has 55 heavy (non-hydrogen) atoms. The van der Waals surface area contributed by atoms with Crippen LogP contribution in [0, 0.1) is 6.92 Å². The van der Waals surface area contributed by atoms with Crippen molar-refractivity contribution in [1.82, 2.24) is 5.32 Å². The number of hydrogen-bond donors (Lipinski definition) is 6. The lowest BCUT2D eigenvalue weighted by Crippen LogP contribution is -2.73. The number of Topliss-reactive ketones (excluding diaryl/α,β-unsaturated/α-hetero) is 3. The molecule has 292 valence electrons. The molecule has 6 N–H and O–H groups in total. The number of aliphatic hydroxyl groups excluding tert-OH is 1. The number of carboxylic acid groups (broad SMARTS) is 1. The fourth-order valence-electron chi connectivity index (χ4n) is 7.97. The molecule has 1 fully saturated rings. The van der Waals surface area contributed by atoms with E-state index in [9.17, 15) is 49.2 Å². The van der Waals surface area contributed by atoms with E-state index >= 15 is 0 Å². The van der Waals surface area contributed by atoms with Crippen LogP contribution in [0.5, 0.6) is 11.5 Å². The number of ketones is 4. The van der Waals surface area contributed by atoms with Crippen molar-refractivity contribution in [3.8, 4) is 11.5 Å². The molecule has 0 radical (unpaired) electrons. The normalized spacial score (nSPS) is 29.1. The first-order valence-corrected chi connectivity index (χ1v) is 16.6. The maximum absolute atomic E-state index is 14.7. The quantitative estimate of drug-likeness (QED) is 0.143. The van der Waals surface area contributed by atoms with Gasteiger partial charge in [0.2, 0.25) is 24.0 Å². The zero-order valence-electron chi connectivity index (χ0n) is 30.1. The summed E-state index contributed by atoms with van der Waals surface area (Å²) >= 11 is 0. The Bertz CT molecular complexity index is 2140. The van der Waals surface area contributed by atoms with Gasteiger partial charge in [-0.25, -0.2) is 9.59 Å². The number of allylic oxidation sites excluding steroid dienone is 2. The largest absolute Gasteiger partial charge is 0.507 e. The van der Waals surface area contributed by atoms with Gasteiger partial charge in [-0.2, -0.15) is 0 Å². The van der Waals surface area contributed by atoms with Gasteiger partial charge in [0.05, 0.1) is 36.1 Å². The second-order valence-electron chi connectivity index (χ2n) is 13.2. The van der Waals surface area contributed by atoms with Gasteiger partial charge in [-0.1, -0.05) is 11.2 Å². The first-order valence-electron chi connectivity index (χ1n) is 16.6. The van der Waals surface area contributed by atoms with E-state index in [2.05, 4.69) is 10.5 Å². The van der Waals surface area contributed by atoms with Crippen LogP contribution >= 0.6 is 0 Å². The van der Waals surface area contributed by atoms with Gasteiger partial charge in [-0.05, 0) is 31.0 Å². The third-order valence-electron chi connectivity index (χ3n) is 10.3. The van der Waals surface area contributed by atoms with Gasteiger partial charge < -0.3 is 59.4 Å². The van der Waals surface area contributed by atoms with Crippen molar-refractivity contribution in [2.75, 3.05) is 35.0 Å². The monoisotopic (exact) mass is 768 g/mol. The third kappa shape index (κ3) is 5.45. The highest BCUT2D eigenvalue weighted by Crippen LogP contribution is 2.56. The molecule has 19 nitrogen and oxygen atoms in total. The Hall–Kier alpha value is -5.57. The van der Waals surface area contributed by atoms with Gasteiger partial charge in [0.15, 0.2) is 23.2 Å². The van der Waals surface area contributed by atoms with Crippen LogP contribution in [-0.2, 0) is 45.3 Å².